The number of nitrogens with zero attached hydrogens (tertiary/aromatic N) is 1. The number of benzene rings is 1. The first-order valence-electron chi connectivity index (χ1n) is 7.35. The van der Waals surface area contributed by atoms with Crippen molar-refractivity contribution in [2.45, 2.75) is 6.92 Å². The summed E-state index contributed by atoms with van der Waals surface area (Å²) in [5, 5.41) is 5.90. The lowest BCUT2D eigenvalue weighted by molar-refractivity contribution is -0.580. The van der Waals surface area contributed by atoms with E-state index in [0.29, 0.717) is 0 Å². The first kappa shape index (κ1) is 14.0. The van der Waals surface area contributed by atoms with E-state index in [-0.39, 0.29) is 5.78 Å². The Kier molecular flexibility index (Phi) is 3.37. The lowest BCUT2D eigenvalue weighted by atomic mass is 10.0. The Bertz CT molecular complexity index is 901. The van der Waals surface area contributed by atoms with Gasteiger partial charge in [-0.05, 0) is 24.8 Å². The molecule has 2 aromatic heterocycles. The monoisotopic (exact) mass is 321 g/mol. The molecule has 23 heavy (non-hydrogen) atoms. The van der Waals surface area contributed by atoms with E-state index in [1.54, 1.807) is 17.5 Å². The van der Waals surface area contributed by atoms with Crippen LogP contribution in [0, 0.1) is 18.3 Å². The average molecular weight is 321 g/mol. The number of nitrogens with one attached hydrogen (secondary N) is 1. The van der Waals surface area contributed by atoms with Gasteiger partial charge in [0.2, 0.25) is 0 Å². The van der Waals surface area contributed by atoms with Gasteiger partial charge in [0.05, 0.1) is 5.52 Å². The van der Waals surface area contributed by atoms with E-state index in [0.717, 1.165) is 39.1 Å². The molecular weight excluding hydrogens is 306 g/mol. The number of para-hydroxylation sites is 1. The average Bonchev–Trinajstić information content (AvgIpc) is 3.19. The maximum absolute atomic E-state index is 13.0. The Labute approximate surface area is 137 Å². The van der Waals surface area contributed by atoms with E-state index in [1.165, 1.54) is 0 Å². The van der Waals surface area contributed by atoms with Crippen molar-refractivity contribution >= 4 is 33.4 Å². The van der Waals surface area contributed by atoms with Crippen LogP contribution in [0.25, 0.3) is 10.9 Å². The van der Waals surface area contributed by atoms with Crippen LogP contribution in [0.1, 0.15) is 21.6 Å². The summed E-state index contributed by atoms with van der Waals surface area (Å²) in [4.78, 5) is 20.4. The second-order valence-corrected chi connectivity index (χ2v) is 6.35. The van der Waals surface area contributed by atoms with E-state index in [1.807, 2.05) is 60.2 Å². The number of carbonyl (C=O) groups excluding carboxylic acids is 1. The van der Waals surface area contributed by atoms with Crippen LogP contribution in [-0.4, -0.2) is 16.1 Å². The molecular formula is C18H15N3OS. The predicted molar refractivity (Wildman–Crippen MR) is 90.3 cm³/mol. The minimum absolute atomic E-state index is 0.0614. The molecule has 0 fully saturated rings. The first-order valence-corrected chi connectivity index (χ1v) is 8.23. The fourth-order valence-corrected chi connectivity index (χ4v) is 3.71. The van der Waals surface area contributed by atoms with Gasteiger partial charge in [0, 0.05) is 17.5 Å². The van der Waals surface area contributed by atoms with Crippen LogP contribution in [0.5, 0.6) is 0 Å². The minimum atomic E-state index is 0.0614. The van der Waals surface area contributed by atoms with Crippen molar-refractivity contribution in [3.63, 3.8) is 0 Å². The smallest absolute Gasteiger partial charge is 0.277 e. The molecule has 3 heterocycles. The van der Waals surface area contributed by atoms with Gasteiger partial charge >= 0.3 is 0 Å². The molecule has 0 bridgehead atoms. The van der Waals surface area contributed by atoms with Gasteiger partial charge in [0.15, 0.2) is 16.7 Å². The summed E-state index contributed by atoms with van der Waals surface area (Å²) in [5.41, 5.74) is 3.70. The lowest BCUT2D eigenvalue weighted by Gasteiger charge is -2.19. The lowest BCUT2D eigenvalue weighted by Crippen LogP contribution is -2.86. The number of hydrogen-bond acceptors (Lipinski definition) is 2. The maximum Gasteiger partial charge on any atom is 0.277 e. The van der Waals surface area contributed by atoms with Crippen molar-refractivity contribution in [2.75, 3.05) is 0 Å². The number of nitrogens with two attached hydrogens (primary N) is 1. The summed E-state index contributed by atoms with van der Waals surface area (Å²) in [6.07, 6.45) is 3.56. The molecule has 4 nitrogen and oxygen atoms in total. The number of hydrogen-bond donors (Lipinski definition) is 1. The van der Waals surface area contributed by atoms with Crippen LogP contribution in [0.15, 0.2) is 48.8 Å². The Morgan fingerprint density at radius 2 is 2.13 bits per heavy atom. The number of pyridine rings is 1. The van der Waals surface area contributed by atoms with Crippen molar-refractivity contribution in [1.29, 1.82) is 0 Å². The third-order valence-corrected chi connectivity index (χ3v) is 4.91. The van der Waals surface area contributed by atoms with Crippen LogP contribution in [-0.2, 0) is 11.4 Å². The van der Waals surface area contributed by atoms with Gasteiger partial charge in [-0.3, -0.25) is 0 Å². The fourth-order valence-electron chi connectivity index (χ4n) is 2.83. The standard InChI is InChI=1S/C18H15N3OS/c1-11-16(13-6-2-3-7-14(13)20-11)17(22)15-10-23-18(21-15)12-5-4-8-19-9-12/h2-10,20H,21H2,1H3. The zero-order valence-electron chi connectivity index (χ0n) is 12.5. The van der Waals surface area contributed by atoms with Crippen molar-refractivity contribution in [2.24, 2.45) is 0 Å². The van der Waals surface area contributed by atoms with E-state index in [9.17, 15) is 4.79 Å². The molecule has 0 saturated carbocycles. The topological polar surface area (TPSA) is 60.7 Å². The molecule has 0 unspecified atom stereocenters. The third-order valence-electron chi connectivity index (χ3n) is 3.93. The highest BCUT2D eigenvalue weighted by Gasteiger charge is 2.29. The summed E-state index contributed by atoms with van der Waals surface area (Å²) in [7, 11) is 0. The van der Waals surface area contributed by atoms with Gasteiger partial charge < -0.3 is 20.1 Å². The van der Waals surface area contributed by atoms with Crippen LogP contribution in [0.2, 0.25) is 0 Å². The number of carbonyl (C=O) groups is 1. The molecule has 3 aromatic rings. The molecule has 4 rings (SSSR count). The summed E-state index contributed by atoms with van der Waals surface area (Å²) in [6.45, 7) is 1.95. The fraction of sp³-hybridized carbons (Fsp3) is 0.0556. The van der Waals surface area contributed by atoms with E-state index >= 15 is 0 Å². The highest BCUT2D eigenvalue weighted by Crippen LogP contribution is 2.22. The summed E-state index contributed by atoms with van der Waals surface area (Å²) >= 11 is 1.57. The van der Waals surface area contributed by atoms with Gasteiger partial charge in [-0.25, -0.2) is 0 Å². The highest BCUT2D eigenvalue weighted by molar-refractivity contribution is 7.81. The molecule has 0 amide bonds. The molecule has 3 N–H and O–H groups in total. The van der Waals surface area contributed by atoms with Crippen molar-refractivity contribution < 1.29 is 15.1 Å². The molecule has 114 valence electrons. The zero-order valence-corrected chi connectivity index (χ0v) is 13.4. The Morgan fingerprint density at radius 3 is 2.96 bits per heavy atom. The summed E-state index contributed by atoms with van der Waals surface area (Å²) < 4.78 is 0. The van der Waals surface area contributed by atoms with Crippen LogP contribution in [0.4, 0.5) is 0 Å². The third kappa shape index (κ3) is 2.40. The Balaban J connectivity index is 1.63. The number of aromatic nitrogens is 2. The number of ketones is 1. The van der Waals surface area contributed by atoms with Gasteiger partial charge in [0.25, 0.3) is 5.37 Å². The maximum atomic E-state index is 13.0. The van der Waals surface area contributed by atoms with Gasteiger partial charge in [-0.15, -0.1) is 17.5 Å². The Hall–Kier alpha value is -2.63. The second-order valence-electron chi connectivity index (χ2n) is 5.44. The molecule has 0 aliphatic carbocycles. The minimum Gasteiger partial charge on any atom is -0.382 e. The van der Waals surface area contributed by atoms with E-state index < -0.39 is 0 Å². The van der Waals surface area contributed by atoms with Gasteiger partial charge in [-0.2, -0.15) is 5.56 Å². The molecule has 5 heteroatoms. The molecule has 1 aliphatic rings. The van der Waals surface area contributed by atoms with E-state index in [4.69, 9.17) is 0 Å². The number of aromatic amines is 1. The quantitative estimate of drug-likeness (QED) is 0.336. The summed E-state index contributed by atoms with van der Waals surface area (Å²) in [5.74, 6) is 0.0614. The van der Waals surface area contributed by atoms with Crippen molar-refractivity contribution in [3.05, 3.63) is 77.0 Å². The molecule has 0 saturated heterocycles. The summed E-state index contributed by atoms with van der Waals surface area (Å²) in [6, 6.07) is 12.5. The highest BCUT2D eigenvalue weighted by atomic mass is 32.1. The molecule has 0 atom stereocenters. The number of rotatable bonds is 3. The number of H-pyrrole nitrogens is 1. The number of quaternary nitrogens is 1. The molecule has 0 radical (unpaired) electrons. The van der Waals surface area contributed by atoms with Crippen LogP contribution < -0.4 is 10.3 Å². The van der Waals surface area contributed by atoms with E-state index in [2.05, 4.69) is 9.97 Å². The van der Waals surface area contributed by atoms with Crippen molar-refractivity contribution in [3.8, 4) is 0 Å². The number of fused-ring (bicyclic) bond motifs is 1. The predicted octanol–water partition coefficient (Wildman–Crippen LogP) is 0.790. The SMILES string of the molecule is C[c-]1[nH+]c2ccccc2c1C(=O)[C-]1C=[S+][C-](c2cccnc2)[NH2+]1. The normalized spacial score (nSPS) is 14.0. The molecule has 1 aromatic carbocycles. The molecule has 0 spiro atoms. The number of Topliss-reactive ketones (excluding diaryl/α,β-unsaturated/α-hetero) is 1. The van der Waals surface area contributed by atoms with Gasteiger partial charge in [0.1, 0.15) is 0 Å². The molecule has 1 aliphatic heterocycles. The van der Waals surface area contributed by atoms with Crippen molar-refractivity contribution in [1.82, 2.24) is 4.98 Å². The van der Waals surface area contributed by atoms with Crippen LogP contribution >= 0.6 is 0 Å². The van der Waals surface area contributed by atoms with Gasteiger partial charge in [-0.1, -0.05) is 24.4 Å². The number of aryl methyl sites for hydroxylation is 1. The zero-order chi connectivity index (χ0) is 15.8. The van der Waals surface area contributed by atoms with Crippen LogP contribution in [0.3, 0.4) is 0 Å². The second kappa shape index (κ2) is 5.53. The Morgan fingerprint density at radius 1 is 1.26 bits per heavy atom. The largest absolute Gasteiger partial charge is 0.382 e. The first-order chi connectivity index (χ1) is 11.2.